The minimum Gasteiger partial charge on any atom is -0.383 e. The average Bonchev–Trinajstić information content (AvgIpc) is 2.47. The van der Waals surface area contributed by atoms with Crippen LogP contribution in [0.3, 0.4) is 0 Å². The summed E-state index contributed by atoms with van der Waals surface area (Å²) in [5, 5.41) is 3.06. The van der Waals surface area contributed by atoms with Crippen LogP contribution in [0.2, 0.25) is 0 Å². The van der Waals surface area contributed by atoms with Crippen molar-refractivity contribution in [1.82, 2.24) is 9.97 Å². The molecule has 2 aromatic rings. The van der Waals surface area contributed by atoms with E-state index in [0.717, 1.165) is 16.8 Å². The molecule has 0 saturated heterocycles. The Morgan fingerprint density at radius 1 is 1.22 bits per heavy atom. The predicted octanol–water partition coefficient (Wildman–Crippen LogP) is 2.77. The Kier molecular flexibility index (Phi) is 5.44. The van der Waals surface area contributed by atoms with Crippen LogP contribution in [0.15, 0.2) is 29.4 Å². The second-order valence-electron chi connectivity index (χ2n) is 5.32. The van der Waals surface area contributed by atoms with Crippen molar-refractivity contribution in [3.63, 3.8) is 0 Å². The predicted molar refractivity (Wildman–Crippen MR) is 95.3 cm³/mol. The Morgan fingerprint density at radius 3 is 2.48 bits per heavy atom. The second-order valence-corrected chi connectivity index (χ2v) is 6.49. The molecular formula is C16H21N5OS. The molecule has 0 aliphatic rings. The van der Waals surface area contributed by atoms with E-state index in [9.17, 15) is 4.79 Å². The van der Waals surface area contributed by atoms with E-state index in [1.165, 1.54) is 17.8 Å². The van der Waals surface area contributed by atoms with Crippen LogP contribution in [0.1, 0.15) is 24.5 Å². The van der Waals surface area contributed by atoms with Gasteiger partial charge in [0.25, 0.3) is 0 Å². The largest absolute Gasteiger partial charge is 0.383 e. The Bertz CT molecular complexity index is 699. The quantitative estimate of drug-likeness (QED) is 0.574. The highest BCUT2D eigenvalue weighted by atomic mass is 32.2. The van der Waals surface area contributed by atoms with Gasteiger partial charge in [0.2, 0.25) is 5.91 Å². The Labute approximate surface area is 140 Å². The number of thioether (sulfide) groups is 1. The van der Waals surface area contributed by atoms with E-state index in [0.29, 0.717) is 23.2 Å². The first kappa shape index (κ1) is 17.1. The molecule has 1 aromatic heterocycles. The normalized spacial score (nSPS) is 12.0. The number of hydrogen-bond acceptors (Lipinski definition) is 6. The molecule has 0 aliphatic heterocycles. The lowest BCUT2D eigenvalue weighted by atomic mass is 10.1. The van der Waals surface area contributed by atoms with E-state index in [-0.39, 0.29) is 11.2 Å². The summed E-state index contributed by atoms with van der Waals surface area (Å²) in [6, 6.07) is 7.45. The summed E-state index contributed by atoms with van der Waals surface area (Å²) in [6.07, 6.45) is 0.638. The van der Waals surface area contributed by atoms with Crippen LogP contribution in [0.5, 0.6) is 0 Å². The van der Waals surface area contributed by atoms with E-state index < -0.39 is 0 Å². The maximum absolute atomic E-state index is 12.5. The van der Waals surface area contributed by atoms with Gasteiger partial charge in [-0.05, 0) is 37.5 Å². The standard InChI is InChI=1S/C16H21N5OS/c1-4-12(23-16-20-13(17)8-14(18)21-16)15(22)19-11-7-9(2)5-6-10(11)3/h5-8,12H,4H2,1-3H3,(H,19,22)(H4,17,18,20,21). The first-order chi connectivity index (χ1) is 10.9. The van der Waals surface area contributed by atoms with Crippen molar-refractivity contribution in [3.8, 4) is 0 Å². The molecule has 0 aliphatic carbocycles. The van der Waals surface area contributed by atoms with Gasteiger partial charge in [-0.1, -0.05) is 30.8 Å². The maximum atomic E-state index is 12.5. The maximum Gasteiger partial charge on any atom is 0.237 e. The van der Waals surface area contributed by atoms with Crippen LogP contribution < -0.4 is 16.8 Å². The molecule has 1 unspecified atom stereocenters. The molecule has 2 rings (SSSR count). The lowest BCUT2D eigenvalue weighted by molar-refractivity contribution is -0.115. The molecule has 1 aromatic carbocycles. The summed E-state index contributed by atoms with van der Waals surface area (Å²) < 4.78 is 0. The highest BCUT2D eigenvalue weighted by Gasteiger charge is 2.20. The van der Waals surface area contributed by atoms with Gasteiger partial charge in [-0.2, -0.15) is 0 Å². The third kappa shape index (κ3) is 4.59. The molecule has 0 bridgehead atoms. The van der Waals surface area contributed by atoms with Crippen LogP contribution in [0, 0.1) is 13.8 Å². The molecule has 6 nitrogen and oxygen atoms in total. The number of aryl methyl sites for hydroxylation is 2. The molecule has 1 heterocycles. The smallest absolute Gasteiger partial charge is 0.237 e. The number of amides is 1. The zero-order valence-electron chi connectivity index (χ0n) is 13.5. The number of nitrogens with one attached hydrogen (secondary N) is 1. The van der Waals surface area contributed by atoms with Gasteiger partial charge in [-0.3, -0.25) is 4.79 Å². The third-order valence-corrected chi connectivity index (χ3v) is 4.53. The molecule has 5 N–H and O–H groups in total. The van der Waals surface area contributed by atoms with E-state index >= 15 is 0 Å². The number of nitrogens with two attached hydrogens (primary N) is 2. The van der Waals surface area contributed by atoms with Crippen LogP contribution in [0.25, 0.3) is 0 Å². The minimum absolute atomic E-state index is 0.0872. The van der Waals surface area contributed by atoms with Crippen molar-refractivity contribution in [3.05, 3.63) is 35.4 Å². The summed E-state index contributed by atoms with van der Waals surface area (Å²) in [4.78, 5) is 20.8. The van der Waals surface area contributed by atoms with Crippen LogP contribution >= 0.6 is 11.8 Å². The van der Waals surface area contributed by atoms with Gasteiger partial charge in [-0.15, -0.1) is 0 Å². The van der Waals surface area contributed by atoms with Crippen molar-refractivity contribution < 1.29 is 4.79 Å². The molecule has 0 fully saturated rings. The van der Waals surface area contributed by atoms with Gasteiger partial charge in [0.1, 0.15) is 11.6 Å². The van der Waals surface area contributed by atoms with Gasteiger partial charge in [-0.25, -0.2) is 9.97 Å². The molecule has 7 heteroatoms. The van der Waals surface area contributed by atoms with Crippen molar-refractivity contribution >= 4 is 35.0 Å². The molecule has 0 radical (unpaired) electrons. The SMILES string of the molecule is CCC(Sc1nc(N)cc(N)n1)C(=O)Nc1cc(C)ccc1C. The fraction of sp³-hybridized carbons (Fsp3) is 0.312. The molecular weight excluding hydrogens is 310 g/mol. The Morgan fingerprint density at radius 2 is 1.87 bits per heavy atom. The average molecular weight is 331 g/mol. The van der Waals surface area contributed by atoms with Crippen molar-refractivity contribution in [2.45, 2.75) is 37.6 Å². The number of nitrogens with zero attached hydrogens (tertiary/aromatic N) is 2. The number of benzene rings is 1. The van der Waals surface area contributed by atoms with Crippen molar-refractivity contribution in [2.24, 2.45) is 0 Å². The van der Waals surface area contributed by atoms with E-state index in [1.807, 2.05) is 39.0 Å². The Hall–Kier alpha value is -2.28. The number of aromatic nitrogens is 2. The second kappa shape index (κ2) is 7.32. The number of nitrogen functional groups attached to an aromatic ring is 2. The van der Waals surface area contributed by atoms with Crippen molar-refractivity contribution in [2.75, 3.05) is 16.8 Å². The summed E-state index contributed by atoms with van der Waals surface area (Å²) in [5.41, 5.74) is 14.3. The lowest BCUT2D eigenvalue weighted by Crippen LogP contribution is -2.25. The molecule has 0 saturated carbocycles. The lowest BCUT2D eigenvalue weighted by Gasteiger charge is -2.15. The van der Waals surface area contributed by atoms with Crippen LogP contribution in [-0.4, -0.2) is 21.1 Å². The monoisotopic (exact) mass is 331 g/mol. The van der Waals surface area contributed by atoms with Gasteiger partial charge in [0, 0.05) is 11.8 Å². The van der Waals surface area contributed by atoms with Crippen LogP contribution in [0.4, 0.5) is 17.3 Å². The van der Waals surface area contributed by atoms with Gasteiger partial charge in [0.05, 0.1) is 5.25 Å². The van der Waals surface area contributed by atoms with Crippen molar-refractivity contribution in [1.29, 1.82) is 0 Å². The topological polar surface area (TPSA) is 107 Å². The highest BCUT2D eigenvalue weighted by molar-refractivity contribution is 8.00. The summed E-state index contributed by atoms with van der Waals surface area (Å²) in [6.45, 7) is 5.89. The van der Waals surface area contributed by atoms with Crippen LogP contribution in [-0.2, 0) is 4.79 Å². The van der Waals surface area contributed by atoms with Gasteiger partial charge < -0.3 is 16.8 Å². The zero-order chi connectivity index (χ0) is 17.0. The van der Waals surface area contributed by atoms with E-state index in [2.05, 4.69) is 15.3 Å². The molecule has 1 atom stereocenters. The highest BCUT2D eigenvalue weighted by Crippen LogP contribution is 2.26. The molecule has 0 spiro atoms. The number of hydrogen-bond donors (Lipinski definition) is 3. The van der Waals surface area contributed by atoms with E-state index in [1.54, 1.807) is 0 Å². The fourth-order valence-corrected chi connectivity index (χ4v) is 2.95. The zero-order valence-corrected chi connectivity index (χ0v) is 14.3. The summed E-state index contributed by atoms with van der Waals surface area (Å²) in [7, 11) is 0. The number of anilines is 3. The summed E-state index contributed by atoms with van der Waals surface area (Å²) >= 11 is 1.26. The summed E-state index contributed by atoms with van der Waals surface area (Å²) in [5.74, 6) is 0.505. The minimum atomic E-state index is -0.323. The molecule has 122 valence electrons. The van der Waals surface area contributed by atoms with Gasteiger partial charge >= 0.3 is 0 Å². The van der Waals surface area contributed by atoms with Gasteiger partial charge in [0.15, 0.2) is 5.16 Å². The number of carbonyl (C=O) groups excluding carboxylic acids is 1. The fourth-order valence-electron chi connectivity index (χ4n) is 2.05. The number of rotatable bonds is 5. The molecule has 23 heavy (non-hydrogen) atoms. The first-order valence-electron chi connectivity index (χ1n) is 7.34. The third-order valence-electron chi connectivity index (χ3n) is 3.31. The first-order valence-corrected chi connectivity index (χ1v) is 8.21. The number of carbonyl (C=O) groups is 1. The van der Waals surface area contributed by atoms with E-state index in [4.69, 9.17) is 11.5 Å². The molecule has 1 amide bonds. The Balaban J connectivity index is 2.13.